The van der Waals surface area contributed by atoms with Gasteiger partial charge in [0.1, 0.15) is 11.5 Å². The quantitative estimate of drug-likeness (QED) is 0.170. The van der Waals surface area contributed by atoms with Gasteiger partial charge in [0.2, 0.25) is 0 Å². The summed E-state index contributed by atoms with van der Waals surface area (Å²) in [7, 11) is 0. The molecule has 0 fully saturated rings. The van der Waals surface area contributed by atoms with Crippen molar-refractivity contribution in [3.63, 3.8) is 0 Å². The molecule has 0 amide bonds. The highest BCUT2D eigenvalue weighted by Gasteiger charge is 2.30. The summed E-state index contributed by atoms with van der Waals surface area (Å²) in [4.78, 5) is 20.0. The van der Waals surface area contributed by atoms with Gasteiger partial charge in [-0.05, 0) is 86.1 Å². The van der Waals surface area contributed by atoms with Crippen LogP contribution in [0.4, 0.5) is 0 Å². The Labute approximate surface area is 324 Å². The zero-order chi connectivity index (χ0) is 36.9. The molecule has 6 heteroatoms. The maximum Gasteiger partial charge on any atom is 0.159 e. The number of aromatic nitrogens is 4. The standard InChI is InChI=1S/C49H40N4OS/c1-3-12-38-37-16-8-10-19-45(37)55-47(38)30(2)40-29-51-49-39(17-11-26-50-49)46(40)32-22-20-31(21-23-32)41-28-42(53-48(52-41)33-13-5-4-6-14-33)34-24-25-36-35-15-7-9-18-43(35)54-44(36)27-34/h3-6,8-14,16-20,22-23,26,28-29,31,34H,1,7,15,21,24-25,27H2,2H3/b38-12-,47-30-. The maximum absolute atomic E-state index is 6.45. The molecule has 2 aromatic carbocycles. The first kappa shape index (κ1) is 33.6. The van der Waals surface area contributed by atoms with Gasteiger partial charge in [0.25, 0.3) is 0 Å². The fourth-order valence-electron chi connectivity index (χ4n) is 8.75. The van der Waals surface area contributed by atoms with E-state index in [1.54, 1.807) is 0 Å². The molecule has 268 valence electrons. The number of allylic oxidation sites excluding steroid dienone is 6. The summed E-state index contributed by atoms with van der Waals surface area (Å²) in [5.74, 6) is 3.39. The van der Waals surface area contributed by atoms with Crippen LogP contribution in [0.5, 0.6) is 0 Å². The Morgan fingerprint density at radius 2 is 1.76 bits per heavy atom. The molecule has 7 aromatic rings. The van der Waals surface area contributed by atoms with Gasteiger partial charge in [0.05, 0.1) is 5.69 Å². The number of hydrogen-bond donors (Lipinski definition) is 0. The van der Waals surface area contributed by atoms with Gasteiger partial charge in [-0.1, -0.05) is 91.6 Å². The van der Waals surface area contributed by atoms with E-state index in [0.717, 1.165) is 95.0 Å². The predicted octanol–water partition coefficient (Wildman–Crippen LogP) is 10.4. The monoisotopic (exact) mass is 732 g/mol. The molecule has 0 N–H and O–H groups in total. The highest BCUT2D eigenvalue weighted by molar-refractivity contribution is 7.17. The fourth-order valence-corrected chi connectivity index (χ4v) is 9.96. The Morgan fingerprint density at radius 3 is 2.64 bits per heavy atom. The Kier molecular flexibility index (Phi) is 8.56. The summed E-state index contributed by atoms with van der Waals surface area (Å²) in [5, 5.41) is 3.49. The number of thiophene rings is 1. The molecule has 3 aliphatic carbocycles. The number of hydrogen-bond acceptors (Lipinski definition) is 6. The molecule has 3 aliphatic rings. The first-order valence-corrected chi connectivity index (χ1v) is 20.1. The van der Waals surface area contributed by atoms with Crippen LogP contribution in [-0.4, -0.2) is 19.9 Å². The number of nitrogens with zero attached hydrogens (tertiary/aromatic N) is 4. The van der Waals surface area contributed by atoms with E-state index in [4.69, 9.17) is 19.4 Å². The van der Waals surface area contributed by atoms with E-state index in [9.17, 15) is 0 Å². The first-order chi connectivity index (χ1) is 27.1. The smallest absolute Gasteiger partial charge is 0.159 e. The van der Waals surface area contributed by atoms with Gasteiger partial charge in [0.15, 0.2) is 11.5 Å². The fraction of sp³-hybridized carbons (Fsp3) is 0.184. The summed E-state index contributed by atoms with van der Waals surface area (Å²) >= 11 is 1.82. The molecule has 5 heterocycles. The lowest BCUT2D eigenvalue weighted by Crippen LogP contribution is -2.21. The normalized spacial score (nSPS) is 18.6. The lowest BCUT2D eigenvalue weighted by molar-refractivity contribution is 0.441. The molecule has 0 bridgehead atoms. The maximum atomic E-state index is 6.45. The molecule has 55 heavy (non-hydrogen) atoms. The van der Waals surface area contributed by atoms with Crippen LogP contribution in [0.3, 0.4) is 0 Å². The van der Waals surface area contributed by atoms with Crippen molar-refractivity contribution in [3.05, 3.63) is 177 Å². The van der Waals surface area contributed by atoms with Crippen LogP contribution in [0.2, 0.25) is 0 Å². The summed E-state index contributed by atoms with van der Waals surface area (Å²) < 4.78 is 8.94. The molecule has 0 saturated heterocycles. The second kappa shape index (κ2) is 14.0. The van der Waals surface area contributed by atoms with Crippen molar-refractivity contribution in [1.82, 2.24) is 19.9 Å². The molecule has 5 nitrogen and oxygen atoms in total. The zero-order valence-electron chi connectivity index (χ0n) is 30.8. The van der Waals surface area contributed by atoms with Gasteiger partial charge in [-0.3, -0.25) is 0 Å². The van der Waals surface area contributed by atoms with Gasteiger partial charge in [-0.25, -0.2) is 19.9 Å². The third-order valence-corrected chi connectivity index (χ3v) is 12.8. The van der Waals surface area contributed by atoms with Crippen LogP contribution in [0.25, 0.3) is 55.8 Å². The first-order valence-electron chi connectivity index (χ1n) is 19.3. The SMILES string of the molecule is C=C/C=c1\c(=C(/C)c2cnc3ncccc3c2C2=CCC(c3cc(C4CCc5c(oc6c5CCC=C6)C4)nc(-c4ccccc4)n3)C=C2)sc2ccccc12. The van der Waals surface area contributed by atoms with E-state index in [2.05, 4.69) is 116 Å². The van der Waals surface area contributed by atoms with Crippen molar-refractivity contribution in [3.8, 4) is 11.4 Å². The molecule has 2 unspecified atom stereocenters. The number of benzene rings is 2. The van der Waals surface area contributed by atoms with Crippen LogP contribution >= 0.6 is 11.3 Å². The second-order valence-corrected chi connectivity index (χ2v) is 15.8. The highest BCUT2D eigenvalue weighted by Crippen LogP contribution is 2.41. The minimum Gasteiger partial charge on any atom is -0.461 e. The minimum absolute atomic E-state index is 0.115. The van der Waals surface area contributed by atoms with E-state index >= 15 is 0 Å². The molecule has 5 aromatic heterocycles. The Balaban J connectivity index is 1.04. The average molecular weight is 733 g/mol. The highest BCUT2D eigenvalue weighted by atomic mass is 32.1. The van der Waals surface area contributed by atoms with Crippen LogP contribution in [0.15, 0.2) is 127 Å². The van der Waals surface area contributed by atoms with Gasteiger partial charge < -0.3 is 4.42 Å². The van der Waals surface area contributed by atoms with E-state index in [1.165, 1.54) is 42.1 Å². The van der Waals surface area contributed by atoms with Crippen molar-refractivity contribution in [2.24, 2.45) is 0 Å². The largest absolute Gasteiger partial charge is 0.461 e. The third kappa shape index (κ3) is 6.02. The van der Waals surface area contributed by atoms with Crippen LogP contribution in [-0.2, 0) is 19.3 Å². The molecule has 0 spiro atoms. The van der Waals surface area contributed by atoms with Gasteiger partial charge in [-0.2, -0.15) is 0 Å². The van der Waals surface area contributed by atoms with Crippen molar-refractivity contribution < 1.29 is 4.42 Å². The van der Waals surface area contributed by atoms with Crippen molar-refractivity contribution in [2.75, 3.05) is 0 Å². The van der Waals surface area contributed by atoms with Gasteiger partial charge in [-0.15, -0.1) is 11.3 Å². The second-order valence-electron chi connectivity index (χ2n) is 14.8. The zero-order valence-corrected chi connectivity index (χ0v) is 31.7. The number of fused-ring (bicyclic) bond motifs is 5. The summed E-state index contributed by atoms with van der Waals surface area (Å²) in [6, 6.07) is 25.4. The Bertz CT molecular complexity index is 2870. The number of rotatable bonds is 6. The van der Waals surface area contributed by atoms with E-state index < -0.39 is 0 Å². The number of pyridine rings is 2. The van der Waals surface area contributed by atoms with Crippen molar-refractivity contribution in [2.45, 2.75) is 57.3 Å². The lowest BCUT2D eigenvalue weighted by Gasteiger charge is -2.24. The van der Waals surface area contributed by atoms with Crippen LogP contribution < -0.4 is 9.75 Å². The molecule has 10 rings (SSSR count). The topological polar surface area (TPSA) is 64.7 Å². The van der Waals surface area contributed by atoms with Crippen LogP contribution in [0, 0.1) is 0 Å². The number of furan rings is 1. The Morgan fingerprint density at radius 1 is 0.909 bits per heavy atom. The molecular formula is C49H40N4OS. The lowest BCUT2D eigenvalue weighted by atomic mass is 9.82. The molecule has 2 atom stereocenters. The van der Waals surface area contributed by atoms with Crippen molar-refractivity contribution >= 4 is 55.8 Å². The summed E-state index contributed by atoms with van der Waals surface area (Å²) in [5.41, 5.74) is 11.5. The Hall–Kier alpha value is -5.98. The molecule has 0 saturated carbocycles. The van der Waals surface area contributed by atoms with Gasteiger partial charge >= 0.3 is 0 Å². The molecule has 0 radical (unpaired) electrons. The summed E-state index contributed by atoms with van der Waals surface area (Å²) in [6.45, 7) is 6.26. The minimum atomic E-state index is 0.115. The molecular weight excluding hydrogens is 693 g/mol. The van der Waals surface area contributed by atoms with Crippen molar-refractivity contribution in [1.29, 1.82) is 0 Å². The summed E-state index contributed by atoms with van der Waals surface area (Å²) in [6.07, 6.45) is 25.2. The third-order valence-electron chi connectivity index (χ3n) is 11.5. The van der Waals surface area contributed by atoms with E-state index in [1.807, 2.05) is 41.9 Å². The average Bonchev–Trinajstić information content (AvgIpc) is 3.81. The predicted molar refractivity (Wildman–Crippen MR) is 226 cm³/mol. The van der Waals surface area contributed by atoms with E-state index in [-0.39, 0.29) is 11.8 Å². The molecule has 0 aliphatic heterocycles. The van der Waals surface area contributed by atoms with Crippen LogP contribution in [0.1, 0.15) is 83.2 Å². The van der Waals surface area contributed by atoms with Gasteiger partial charge in [0, 0.05) is 83.8 Å². The van der Waals surface area contributed by atoms with E-state index in [0.29, 0.717) is 0 Å².